The molecule has 2 heterocycles. The van der Waals surface area contributed by atoms with Crippen molar-refractivity contribution >= 4 is 34.3 Å². The average molecular weight is 435 g/mol. The lowest BCUT2D eigenvalue weighted by molar-refractivity contribution is -0.112. The van der Waals surface area contributed by atoms with Crippen molar-refractivity contribution in [2.45, 2.75) is 27.3 Å². The van der Waals surface area contributed by atoms with Gasteiger partial charge in [0, 0.05) is 22.7 Å². The number of anilines is 1. The van der Waals surface area contributed by atoms with Crippen LogP contribution in [0.25, 0.3) is 16.5 Å². The van der Waals surface area contributed by atoms with E-state index < -0.39 is 11.9 Å². The zero-order valence-electron chi connectivity index (χ0n) is 17.7. The van der Waals surface area contributed by atoms with Crippen molar-refractivity contribution in [2.24, 2.45) is 0 Å². The normalized spacial score (nSPS) is 11.1. The van der Waals surface area contributed by atoms with E-state index in [0.717, 1.165) is 27.4 Å². The first-order valence-electron chi connectivity index (χ1n) is 9.64. The minimum atomic E-state index is -0.600. The number of nitriles is 1. The average Bonchev–Trinajstić information content (AvgIpc) is 3.32. The van der Waals surface area contributed by atoms with Gasteiger partial charge in [0.25, 0.3) is 5.91 Å². The molecular formula is C23H22N4O3S. The first-order valence-corrected chi connectivity index (χ1v) is 10.5. The second-order valence-electron chi connectivity index (χ2n) is 6.74. The molecule has 8 heteroatoms. The number of amides is 1. The highest BCUT2D eigenvalue weighted by molar-refractivity contribution is 7.20. The van der Waals surface area contributed by atoms with E-state index in [9.17, 15) is 14.9 Å². The van der Waals surface area contributed by atoms with Crippen LogP contribution in [0.5, 0.6) is 0 Å². The van der Waals surface area contributed by atoms with Crippen LogP contribution in [0.3, 0.4) is 0 Å². The van der Waals surface area contributed by atoms with E-state index in [1.165, 1.54) is 24.5 Å². The van der Waals surface area contributed by atoms with Gasteiger partial charge < -0.3 is 10.1 Å². The molecule has 0 aliphatic rings. The second-order valence-corrected chi connectivity index (χ2v) is 7.79. The van der Waals surface area contributed by atoms with Gasteiger partial charge in [0.15, 0.2) is 0 Å². The van der Waals surface area contributed by atoms with Gasteiger partial charge in [0.2, 0.25) is 0 Å². The molecule has 1 N–H and O–H groups in total. The fraction of sp³-hybridized carbons (Fsp3) is 0.217. The molecule has 0 saturated heterocycles. The Bertz CT molecular complexity index is 1200. The highest BCUT2D eigenvalue weighted by Gasteiger charge is 2.21. The Balaban J connectivity index is 1.96. The van der Waals surface area contributed by atoms with Gasteiger partial charge in [-0.3, -0.25) is 9.48 Å². The summed E-state index contributed by atoms with van der Waals surface area (Å²) < 4.78 is 6.68. The van der Waals surface area contributed by atoms with E-state index in [1.807, 2.05) is 61.9 Å². The molecular weight excluding hydrogens is 412 g/mol. The Morgan fingerprint density at radius 3 is 2.58 bits per heavy atom. The number of nitrogens with one attached hydrogen (secondary N) is 1. The molecule has 3 aromatic rings. The number of carbonyl (C=O) groups is 2. The van der Waals surface area contributed by atoms with Crippen molar-refractivity contribution in [1.82, 2.24) is 9.78 Å². The van der Waals surface area contributed by atoms with Crippen LogP contribution < -0.4 is 5.32 Å². The molecule has 1 aromatic carbocycles. The summed E-state index contributed by atoms with van der Waals surface area (Å²) in [4.78, 5) is 25.9. The number of hydrogen-bond acceptors (Lipinski definition) is 6. The van der Waals surface area contributed by atoms with E-state index in [-0.39, 0.29) is 11.1 Å². The van der Waals surface area contributed by atoms with E-state index in [2.05, 4.69) is 10.4 Å². The second kappa shape index (κ2) is 9.41. The summed E-state index contributed by atoms with van der Waals surface area (Å²) in [6, 6.07) is 13.1. The molecule has 0 atom stereocenters. The lowest BCUT2D eigenvalue weighted by Crippen LogP contribution is -2.15. The van der Waals surface area contributed by atoms with Crippen molar-refractivity contribution in [3.8, 4) is 16.5 Å². The highest BCUT2D eigenvalue weighted by Crippen LogP contribution is 2.36. The molecule has 1 amide bonds. The number of thiophene rings is 1. The molecule has 158 valence electrons. The Morgan fingerprint density at radius 1 is 1.29 bits per heavy atom. The van der Waals surface area contributed by atoms with Crippen molar-refractivity contribution in [3.63, 3.8) is 0 Å². The number of rotatable bonds is 6. The van der Waals surface area contributed by atoms with Crippen LogP contribution in [0.4, 0.5) is 5.00 Å². The monoisotopic (exact) mass is 434 g/mol. The number of aromatic nitrogens is 2. The van der Waals surface area contributed by atoms with Crippen molar-refractivity contribution < 1.29 is 14.3 Å². The maximum absolute atomic E-state index is 12.9. The summed E-state index contributed by atoms with van der Waals surface area (Å²) in [5, 5.41) is 17.0. The summed E-state index contributed by atoms with van der Waals surface area (Å²) in [5.74, 6) is -1.16. The Morgan fingerprint density at radius 2 is 2.00 bits per heavy atom. The fourth-order valence-corrected chi connectivity index (χ4v) is 4.23. The number of aryl methyl sites for hydroxylation is 2. The number of nitrogens with zero attached hydrogens (tertiary/aromatic N) is 3. The summed E-state index contributed by atoms with van der Waals surface area (Å²) >= 11 is 1.25. The Labute approximate surface area is 184 Å². The summed E-state index contributed by atoms with van der Waals surface area (Å²) in [6.45, 7) is 6.39. The number of esters is 1. The maximum Gasteiger partial charge on any atom is 0.340 e. The van der Waals surface area contributed by atoms with Gasteiger partial charge in [-0.2, -0.15) is 10.4 Å². The smallest absolute Gasteiger partial charge is 0.340 e. The number of hydrogen-bond donors (Lipinski definition) is 1. The van der Waals surface area contributed by atoms with Gasteiger partial charge in [-0.15, -0.1) is 11.3 Å². The third-order valence-electron chi connectivity index (χ3n) is 4.81. The zero-order chi connectivity index (χ0) is 22.5. The van der Waals surface area contributed by atoms with E-state index in [4.69, 9.17) is 4.74 Å². The van der Waals surface area contributed by atoms with E-state index in [1.54, 1.807) is 6.07 Å². The molecule has 0 unspecified atom stereocenters. The molecule has 0 fully saturated rings. The third kappa shape index (κ3) is 4.57. The van der Waals surface area contributed by atoms with Gasteiger partial charge in [-0.25, -0.2) is 4.79 Å². The minimum Gasteiger partial charge on any atom is -0.465 e. The maximum atomic E-state index is 12.9. The van der Waals surface area contributed by atoms with E-state index >= 15 is 0 Å². The molecule has 0 saturated carbocycles. The minimum absolute atomic E-state index is 0.0765. The van der Waals surface area contributed by atoms with Crippen LogP contribution in [0, 0.1) is 25.2 Å². The first kappa shape index (κ1) is 22.0. The lowest BCUT2D eigenvalue weighted by atomic mass is 10.1. The van der Waals surface area contributed by atoms with Gasteiger partial charge in [0.05, 0.1) is 18.4 Å². The van der Waals surface area contributed by atoms with Crippen LogP contribution in [0.2, 0.25) is 0 Å². The summed E-state index contributed by atoms with van der Waals surface area (Å²) in [5.41, 5.74) is 3.41. The van der Waals surface area contributed by atoms with Crippen LogP contribution in [-0.2, 0) is 16.1 Å². The topological polar surface area (TPSA) is 97.0 Å². The summed E-state index contributed by atoms with van der Waals surface area (Å²) in [6.07, 6.45) is 1.53. The molecule has 0 aliphatic carbocycles. The van der Waals surface area contributed by atoms with Crippen LogP contribution >= 0.6 is 11.3 Å². The van der Waals surface area contributed by atoms with Crippen molar-refractivity contribution in [3.05, 3.63) is 64.5 Å². The molecule has 0 bridgehead atoms. The predicted octanol–water partition coefficient (Wildman–Crippen LogP) is 4.58. The SMILES string of the molecule is CCn1nc(C)c(C=C(C#N)C(=O)Nc2sc(-c3ccccc3)cc2C(=O)OC)c1C. The van der Waals surface area contributed by atoms with Crippen LogP contribution in [-0.4, -0.2) is 28.8 Å². The number of carbonyl (C=O) groups excluding carboxylic acids is 2. The standard InChI is InChI=1S/C23H22N4O3S/c1-5-27-15(3)18(14(2)26-27)11-17(13-24)21(28)25-22-19(23(29)30-4)12-20(31-22)16-9-7-6-8-10-16/h6-12H,5H2,1-4H3,(H,25,28). The lowest BCUT2D eigenvalue weighted by Gasteiger charge is -2.05. The molecule has 0 radical (unpaired) electrons. The van der Waals surface area contributed by atoms with Crippen LogP contribution in [0.15, 0.2) is 42.0 Å². The zero-order valence-corrected chi connectivity index (χ0v) is 18.5. The first-order chi connectivity index (χ1) is 14.9. The fourth-order valence-electron chi connectivity index (χ4n) is 3.18. The molecule has 3 rings (SSSR count). The molecule has 2 aromatic heterocycles. The predicted molar refractivity (Wildman–Crippen MR) is 121 cm³/mol. The van der Waals surface area contributed by atoms with Crippen LogP contribution in [0.1, 0.15) is 34.2 Å². The van der Waals surface area contributed by atoms with E-state index in [0.29, 0.717) is 11.5 Å². The van der Waals surface area contributed by atoms with Gasteiger partial charge in [-0.05, 0) is 38.5 Å². The van der Waals surface area contributed by atoms with Gasteiger partial charge >= 0.3 is 5.97 Å². The number of ether oxygens (including phenoxy) is 1. The molecule has 7 nitrogen and oxygen atoms in total. The molecule has 0 aliphatic heterocycles. The van der Waals surface area contributed by atoms with Crippen molar-refractivity contribution in [1.29, 1.82) is 5.26 Å². The Hall–Kier alpha value is -3.70. The van der Waals surface area contributed by atoms with Gasteiger partial charge in [0.1, 0.15) is 16.6 Å². The van der Waals surface area contributed by atoms with Crippen molar-refractivity contribution in [2.75, 3.05) is 12.4 Å². The molecule has 0 spiro atoms. The number of benzene rings is 1. The number of methoxy groups -OCH3 is 1. The quantitative estimate of drug-likeness (QED) is 0.348. The highest BCUT2D eigenvalue weighted by atomic mass is 32.1. The van der Waals surface area contributed by atoms with Gasteiger partial charge in [-0.1, -0.05) is 30.3 Å². The Kier molecular flexibility index (Phi) is 6.68. The third-order valence-corrected chi connectivity index (χ3v) is 5.91. The largest absolute Gasteiger partial charge is 0.465 e. The molecule has 31 heavy (non-hydrogen) atoms. The summed E-state index contributed by atoms with van der Waals surface area (Å²) in [7, 11) is 1.28.